The summed E-state index contributed by atoms with van der Waals surface area (Å²) in [7, 11) is -0.788. The van der Waals surface area contributed by atoms with Gasteiger partial charge < -0.3 is 23.4 Å². The number of carbonyl (C=O) groups excluding carboxylic acids is 2. The number of esters is 1. The van der Waals surface area contributed by atoms with Gasteiger partial charge in [-0.15, -0.1) is 0 Å². The van der Waals surface area contributed by atoms with Gasteiger partial charge in [-0.1, -0.05) is 39.0 Å². The second-order valence-electron chi connectivity index (χ2n) is 13.1. The molecule has 0 bridgehead atoms. The van der Waals surface area contributed by atoms with Crippen LogP contribution in [0.2, 0.25) is 18.1 Å². The maximum absolute atomic E-state index is 13.8. The molecule has 2 aliphatic heterocycles. The SMILES string of the molecule is COC(=O)/C=C/c1cccc([C@H]2[C@@H]3OC(C)(C)O[C@@H]3[C@@H](CO[Si](C)(C)C(C)(C)C)N2C(=O)OC(C)(C)C)c1. The molecule has 2 aliphatic rings. The zero-order chi connectivity index (χ0) is 28.7. The Kier molecular flexibility index (Phi) is 8.59. The number of rotatable bonds is 6. The van der Waals surface area contributed by atoms with Gasteiger partial charge in [-0.05, 0) is 76.0 Å². The zero-order valence-corrected chi connectivity index (χ0v) is 25.8. The molecule has 9 heteroatoms. The first kappa shape index (κ1) is 30.3. The minimum Gasteiger partial charge on any atom is -0.466 e. The number of amides is 1. The van der Waals surface area contributed by atoms with Crippen LogP contribution in [0.25, 0.3) is 6.08 Å². The second-order valence-corrected chi connectivity index (χ2v) is 17.9. The van der Waals surface area contributed by atoms with Crippen LogP contribution < -0.4 is 0 Å². The average molecular weight is 548 g/mol. The predicted molar refractivity (Wildman–Crippen MR) is 149 cm³/mol. The van der Waals surface area contributed by atoms with Crippen molar-refractivity contribution in [2.75, 3.05) is 13.7 Å². The van der Waals surface area contributed by atoms with Crippen molar-refractivity contribution >= 4 is 26.5 Å². The van der Waals surface area contributed by atoms with Crippen molar-refractivity contribution in [1.29, 1.82) is 0 Å². The molecule has 2 saturated heterocycles. The lowest BCUT2D eigenvalue weighted by atomic mass is 9.98. The summed E-state index contributed by atoms with van der Waals surface area (Å²) in [6.07, 6.45) is 1.79. The van der Waals surface area contributed by atoms with Crippen LogP contribution in [0, 0.1) is 0 Å². The van der Waals surface area contributed by atoms with Gasteiger partial charge in [0, 0.05) is 6.08 Å². The Morgan fingerprint density at radius 2 is 1.71 bits per heavy atom. The Balaban J connectivity index is 2.07. The van der Waals surface area contributed by atoms with E-state index >= 15 is 0 Å². The molecule has 4 atom stereocenters. The fraction of sp³-hybridized carbons (Fsp3) is 0.655. The van der Waals surface area contributed by atoms with E-state index in [1.807, 2.05) is 58.9 Å². The van der Waals surface area contributed by atoms with Crippen LogP contribution >= 0.6 is 0 Å². The maximum Gasteiger partial charge on any atom is 0.411 e. The van der Waals surface area contributed by atoms with Crippen molar-refractivity contribution in [1.82, 2.24) is 4.90 Å². The molecule has 38 heavy (non-hydrogen) atoms. The van der Waals surface area contributed by atoms with Crippen molar-refractivity contribution < 1.29 is 33.0 Å². The molecule has 0 radical (unpaired) electrons. The van der Waals surface area contributed by atoms with Gasteiger partial charge in [-0.25, -0.2) is 9.59 Å². The summed E-state index contributed by atoms with van der Waals surface area (Å²) >= 11 is 0. The normalized spacial score (nSPS) is 25.5. The Morgan fingerprint density at radius 3 is 2.29 bits per heavy atom. The standard InChI is InChI=1S/C29H45NO7Si/c1-27(2,3)37-26(32)30-21(18-34-38(10,11)28(4,5)6)24-25(36-29(7,8)35-24)23(30)20-14-12-13-19(17-20)15-16-22(31)33-9/h12-17,21,23-25H,18H2,1-11H3/b16-15+/t21-,23+,24-,25+/m1/s1. The van der Waals surface area contributed by atoms with Crippen molar-refractivity contribution in [2.24, 2.45) is 0 Å². The van der Waals surface area contributed by atoms with E-state index in [1.165, 1.54) is 13.2 Å². The quantitative estimate of drug-likeness (QED) is 0.243. The number of benzene rings is 1. The lowest BCUT2D eigenvalue weighted by Gasteiger charge is -2.40. The Hall–Kier alpha value is -2.20. The van der Waals surface area contributed by atoms with Gasteiger partial charge in [-0.3, -0.25) is 4.90 Å². The van der Waals surface area contributed by atoms with E-state index < -0.39 is 56.1 Å². The molecule has 1 amide bonds. The highest BCUT2D eigenvalue weighted by Crippen LogP contribution is 2.48. The van der Waals surface area contributed by atoms with Crippen LogP contribution in [0.1, 0.15) is 72.6 Å². The number of hydrogen-bond donors (Lipinski definition) is 0. The first-order chi connectivity index (χ1) is 17.4. The first-order valence-electron chi connectivity index (χ1n) is 13.2. The van der Waals surface area contributed by atoms with Crippen molar-refractivity contribution in [3.05, 3.63) is 41.5 Å². The molecule has 0 saturated carbocycles. The van der Waals surface area contributed by atoms with Crippen LogP contribution in [-0.2, 0) is 28.2 Å². The number of likely N-dealkylation sites (tertiary alicyclic amines) is 1. The van der Waals surface area contributed by atoms with Crippen molar-refractivity contribution in [3.8, 4) is 0 Å². The molecule has 1 aromatic rings. The van der Waals surface area contributed by atoms with Crippen molar-refractivity contribution in [2.45, 2.75) is 109 Å². The third-order valence-electron chi connectivity index (χ3n) is 7.40. The Bertz CT molecular complexity index is 1050. The van der Waals surface area contributed by atoms with Gasteiger partial charge in [0.25, 0.3) is 0 Å². The summed E-state index contributed by atoms with van der Waals surface area (Å²) < 4.78 is 30.1. The fourth-order valence-corrected chi connectivity index (χ4v) is 5.58. The van der Waals surface area contributed by atoms with Crippen molar-refractivity contribution in [3.63, 3.8) is 0 Å². The van der Waals surface area contributed by atoms with E-state index in [0.717, 1.165) is 11.1 Å². The molecule has 0 unspecified atom stereocenters. The molecule has 2 fully saturated rings. The van der Waals surface area contributed by atoms with E-state index in [1.54, 1.807) is 11.0 Å². The lowest BCUT2D eigenvalue weighted by Crippen LogP contribution is -2.50. The maximum atomic E-state index is 13.8. The summed E-state index contributed by atoms with van der Waals surface area (Å²) in [5.41, 5.74) is 0.970. The van der Waals surface area contributed by atoms with Gasteiger partial charge in [0.15, 0.2) is 14.1 Å². The molecule has 212 valence electrons. The third-order valence-corrected chi connectivity index (χ3v) is 11.9. The number of methoxy groups -OCH3 is 1. The molecule has 2 heterocycles. The van der Waals surface area contributed by atoms with Crippen LogP contribution in [0.4, 0.5) is 4.79 Å². The summed E-state index contributed by atoms with van der Waals surface area (Å²) in [6.45, 7) is 20.6. The summed E-state index contributed by atoms with van der Waals surface area (Å²) in [6, 6.07) is 6.81. The summed E-state index contributed by atoms with van der Waals surface area (Å²) in [5, 5.41) is 0.00770. The Morgan fingerprint density at radius 1 is 1.08 bits per heavy atom. The molecule has 1 aromatic carbocycles. The van der Waals surface area contributed by atoms with Crippen LogP contribution in [0.15, 0.2) is 30.3 Å². The minimum atomic E-state index is -2.13. The monoisotopic (exact) mass is 547 g/mol. The van der Waals surface area contributed by atoms with Crippen LogP contribution in [-0.4, -0.2) is 68.6 Å². The smallest absolute Gasteiger partial charge is 0.411 e. The molecule has 3 rings (SSSR count). The van der Waals surface area contributed by atoms with E-state index in [2.05, 4.69) is 33.9 Å². The van der Waals surface area contributed by atoms with Gasteiger partial charge in [0.05, 0.1) is 25.8 Å². The zero-order valence-electron chi connectivity index (χ0n) is 24.8. The molecule has 0 N–H and O–H groups in total. The minimum absolute atomic E-state index is 0.00770. The number of ether oxygens (including phenoxy) is 4. The molecule has 0 spiro atoms. The highest BCUT2D eigenvalue weighted by atomic mass is 28.4. The Labute approximate surface area is 228 Å². The summed E-state index contributed by atoms with van der Waals surface area (Å²) in [5.74, 6) is -1.26. The van der Waals surface area contributed by atoms with E-state index in [4.69, 9.17) is 23.4 Å². The van der Waals surface area contributed by atoms with Crippen LogP contribution in [0.5, 0.6) is 0 Å². The lowest BCUT2D eigenvalue weighted by molar-refractivity contribution is -0.168. The second kappa shape index (κ2) is 10.8. The number of hydrogen-bond acceptors (Lipinski definition) is 7. The predicted octanol–water partition coefficient (Wildman–Crippen LogP) is 6.08. The highest BCUT2D eigenvalue weighted by Gasteiger charge is 2.60. The first-order valence-corrected chi connectivity index (χ1v) is 16.1. The van der Waals surface area contributed by atoms with Crippen LogP contribution in [0.3, 0.4) is 0 Å². The fourth-order valence-electron chi connectivity index (χ4n) is 4.56. The van der Waals surface area contributed by atoms with E-state index in [-0.39, 0.29) is 5.04 Å². The summed E-state index contributed by atoms with van der Waals surface area (Å²) in [4.78, 5) is 27.2. The molecular weight excluding hydrogens is 502 g/mol. The van der Waals surface area contributed by atoms with E-state index in [9.17, 15) is 9.59 Å². The van der Waals surface area contributed by atoms with Gasteiger partial charge in [0.1, 0.15) is 17.8 Å². The molecular formula is C29H45NO7Si. The van der Waals surface area contributed by atoms with Gasteiger partial charge in [0.2, 0.25) is 0 Å². The van der Waals surface area contributed by atoms with Gasteiger partial charge >= 0.3 is 12.1 Å². The van der Waals surface area contributed by atoms with Gasteiger partial charge in [-0.2, -0.15) is 0 Å². The number of fused-ring (bicyclic) bond motifs is 1. The third kappa shape index (κ3) is 6.86. The number of carbonyl (C=O) groups is 2. The number of nitrogens with zero attached hydrogens (tertiary/aromatic N) is 1. The largest absolute Gasteiger partial charge is 0.466 e. The molecule has 8 nitrogen and oxygen atoms in total. The topological polar surface area (TPSA) is 83.5 Å². The molecule has 0 aliphatic carbocycles. The average Bonchev–Trinajstić information content (AvgIpc) is 3.24. The molecule has 0 aromatic heterocycles. The van der Waals surface area contributed by atoms with E-state index in [0.29, 0.717) is 6.61 Å². The highest BCUT2D eigenvalue weighted by molar-refractivity contribution is 6.74.